The smallest absolute Gasteiger partial charge is 0.0910 e. The van der Waals surface area contributed by atoms with Gasteiger partial charge in [-0.15, -0.1) is 0 Å². The van der Waals surface area contributed by atoms with Crippen LogP contribution >= 0.6 is 0 Å². The summed E-state index contributed by atoms with van der Waals surface area (Å²) in [6, 6.07) is 62.4. The van der Waals surface area contributed by atoms with Crippen molar-refractivity contribution < 1.29 is 0 Å². The zero-order chi connectivity index (χ0) is 34.4. The number of nitrogens with zero attached hydrogens (tertiary/aromatic N) is 2. The molecule has 2 unspecified atom stereocenters. The molecule has 5 nitrogen and oxygen atoms in total. The lowest BCUT2D eigenvalue weighted by Gasteiger charge is -2.33. The summed E-state index contributed by atoms with van der Waals surface area (Å²) in [4.78, 5) is 0. The van der Waals surface area contributed by atoms with Crippen molar-refractivity contribution in [3.63, 3.8) is 0 Å². The molecule has 5 heteroatoms. The molecule has 0 aliphatic heterocycles. The van der Waals surface area contributed by atoms with E-state index in [-0.39, 0.29) is 6.17 Å². The summed E-state index contributed by atoms with van der Waals surface area (Å²) < 4.78 is 4.86. The second kappa shape index (κ2) is 12.7. The van der Waals surface area contributed by atoms with Gasteiger partial charge in [0, 0.05) is 39.5 Å². The second-order valence-corrected chi connectivity index (χ2v) is 13.5. The first-order valence-corrected chi connectivity index (χ1v) is 17.6. The van der Waals surface area contributed by atoms with Crippen molar-refractivity contribution in [2.75, 3.05) is 0 Å². The van der Waals surface area contributed by atoms with Crippen molar-refractivity contribution in [3.8, 4) is 11.4 Å². The van der Waals surface area contributed by atoms with Crippen molar-refractivity contribution in [1.29, 1.82) is 0 Å². The van der Waals surface area contributed by atoms with Crippen LogP contribution in [0.25, 0.3) is 55.0 Å². The molecule has 0 aliphatic rings. The number of hydrogen-bond acceptors (Lipinski definition) is 3. The van der Waals surface area contributed by atoms with Crippen molar-refractivity contribution in [3.05, 3.63) is 193 Å². The van der Waals surface area contributed by atoms with Gasteiger partial charge in [0.15, 0.2) is 0 Å². The van der Waals surface area contributed by atoms with E-state index in [9.17, 15) is 0 Å². The predicted octanol–water partition coefficient (Wildman–Crippen LogP) is 10.1. The van der Waals surface area contributed by atoms with E-state index in [1.165, 1.54) is 49.2 Å². The fraction of sp³-hybridized carbons (Fsp3) is 0.0870. The average molecular weight is 662 g/mol. The van der Waals surface area contributed by atoms with Crippen molar-refractivity contribution >= 4 is 43.6 Å². The van der Waals surface area contributed by atoms with Crippen LogP contribution in [0.5, 0.6) is 0 Å². The van der Waals surface area contributed by atoms with E-state index >= 15 is 0 Å². The molecule has 0 fully saturated rings. The normalized spacial score (nSPS) is 13.6. The molecular weight excluding hydrogens is 623 g/mol. The molecule has 0 aliphatic carbocycles. The van der Waals surface area contributed by atoms with E-state index in [1.807, 2.05) is 31.2 Å². The Morgan fingerprint density at radius 2 is 0.980 bits per heavy atom. The Balaban J connectivity index is 1.21. The molecule has 9 rings (SSSR count). The first-order valence-electron chi connectivity index (χ1n) is 17.6. The Bertz CT molecular complexity index is 2620. The number of benzene rings is 7. The highest BCUT2D eigenvalue weighted by molar-refractivity contribution is 6.23. The van der Waals surface area contributed by atoms with E-state index in [1.54, 1.807) is 0 Å². The summed E-state index contributed by atoms with van der Waals surface area (Å²) >= 11 is 0. The maximum atomic E-state index is 6.97. The fourth-order valence-electron chi connectivity index (χ4n) is 7.67. The molecule has 7 aromatic carbocycles. The average Bonchev–Trinajstić information content (AvgIpc) is 3.71. The third-order valence-electron chi connectivity index (χ3n) is 10.1. The van der Waals surface area contributed by atoms with E-state index < -0.39 is 5.66 Å². The van der Waals surface area contributed by atoms with Crippen LogP contribution < -0.4 is 16.4 Å². The molecular formula is C46H39N5. The molecule has 0 amide bonds. The third-order valence-corrected chi connectivity index (χ3v) is 10.1. The lowest BCUT2D eigenvalue weighted by atomic mass is 10.0. The van der Waals surface area contributed by atoms with Gasteiger partial charge in [-0.25, -0.2) is 0 Å². The van der Waals surface area contributed by atoms with Gasteiger partial charge in [0.2, 0.25) is 0 Å². The molecule has 0 saturated carbocycles. The number of hydrogen-bond donors (Lipinski definition) is 3. The minimum Gasteiger partial charge on any atom is -0.310 e. The van der Waals surface area contributed by atoms with Gasteiger partial charge in [0.1, 0.15) is 0 Å². The van der Waals surface area contributed by atoms with Gasteiger partial charge in [0.05, 0.1) is 33.9 Å². The highest BCUT2D eigenvalue weighted by Gasteiger charge is 2.26. The molecule has 51 heavy (non-hydrogen) atoms. The van der Waals surface area contributed by atoms with E-state index in [4.69, 9.17) is 5.73 Å². The van der Waals surface area contributed by atoms with Crippen LogP contribution in [-0.2, 0) is 12.2 Å². The summed E-state index contributed by atoms with van der Waals surface area (Å²) in [7, 11) is 0. The molecule has 0 saturated heterocycles. The number of nitrogens with two attached hydrogens (primary N) is 1. The second-order valence-electron chi connectivity index (χ2n) is 13.5. The van der Waals surface area contributed by atoms with Crippen molar-refractivity contribution in [2.24, 2.45) is 5.73 Å². The van der Waals surface area contributed by atoms with Gasteiger partial charge in [-0.1, -0.05) is 140 Å². The van der Waals surface area contributed by atoms with Gasteiger partial charge in [0.25, 0.3) is 0 Å². The Morgan fingerprint density at radius 3 is 1.55 bits per heavy atom. The topological polar surface area (TPSA) is 59.9 Å². The Morgan fingerprint density at radius 1 is 0.510 bits per heavy atom. The number of aromatic nitrogens is 2. The van der Waals surface area contributed by atoms with Crippen molar-refractivity contribution in [1.82, 2.24) is 19.8 Å². The van der Waals surface area contributed by atoms with E-state index in [0.717, 1.165) is 22.5 Å². The first-order chi connectivity index (χ1) is 25.1. The monoisotopic (exact) mass is 661 g/mol. The zero-order valence-electron chi connectivity index (χ0n) is 28.5. The fourth-order valence-corrected chi connectivity index (χ4v) is 7.67. The standard InChI is InChI=1S/C46H39N5/c1-46(47,34-17-7-3-8-18-34)49-45(48-31-32-15-5-2-6-16-32)33-25-27-36(28-26-33)51-42-24-14-12-22-38(42)40-30-29-39-37-21-11-13-23-41(37)50(43(39)44(40)51)35-19-9-4-10-20-35/h2-30,45,48-49H,31,47H2,1H3. The van der Waals surface area contributed by atoms with E-state index in [0.29, 0.717) is 6.54 Å². The van der Waals surface area contributed by atoms with Crippen LogP contribution in [-0.4, -0.2) is 9.13 Å². The van der Waals surface area contributed by atoms with Gasteiger partial charge in [-0.05, 0) is 60.0 Å². The Kier molecular flexibility index (Phi) is 7.74. The Hall–Kier alpha value is -5.98. The first kappa shape index (κ1) is 31.0. The van der Waals surface area contributed by atoms with Crippen molar-refractivity contribution in [2.45, 2.75) is 25.3 Å². The lowest BCUT2D eigenvalue weighted by Crippen LogP contribution is -2.52. The predicted molar refractivity (Wildman–Crippen MR) is 212 cm³/mol. The quantitative estimate of drug-likeness (QED) is 0.135. The summed E-state index contributed by atoms with van der Waals surface area (Å²) in [5.74, 6) is 0. The third kappa shape index (κ3) is 5.49. The number of fused-ring (bicyclic) bond motifs is 7. The van der Waals surface area contributed by atoms with Gasteiger partial charge in [-0.2, -0.15) is 0 Å². The van der Waals surface area contributed by atoms with Crippen LogP contribution in [0.15, 0.2) is 176 Å². The molecule has 2 atom stereocenters. The number of rotatable bonds is 9. The molecule has 9 aromatic rings. The highest BCUT2D eigenvalue weighted by Crippen LogP contribution is 2.41. The number of para-hydroxylation sites is 3. The maximum Gasteiger partial charge on any atom is 0.0910 e. The van der Waals surface area contributed by atoms with Gasteiger partial charge < -0.3 is 14.9 Å². The summed E-state index contributed by atoms with van der Waals surface area (Å²) in [5, 5.41) is 12.4. The molecule has 0 spiro atoms. The largest absolute Gasteiger partial charge is 0.310 e. The lowest BCUT2D eigenvalue weighted by molar-refractivity contribution is 0.291. The molecule has 4 N–H and O–H groups in total. The maximum absolute atomic E-state index is 6.97. The van der Waals surface area contributed by atoms with Crippen LogP contribution in [0.2, 0.25) is 0 Å². The van der Waals surface area contributed by atoms with Crippen LogP contribution in [0.1, 0.15) is 29.8 Å². The molecule has 248 valence electrons. The minimum atomic E-state index is -0.766. The van der Waals surface area contributed by atoms with Crippen LogP contribution in [0.3, 0.4) is 0 Å². The molecule has 0 radical (unpaired) electrons. The minimum absolute atomic E-state index is 0.208. The summed E-state index contributed by atoms with van der Waals surface area (Å²) in [6.07, 6.45) is -0.208. The SMILES string of the molecule is CC(N)(NC(NCc1ccccc1)c1ccc(-n2c3ccccc3c3ccc4c5ccccc5n(-c5ccccc5)c4c32)cc1)c1ccccc1. The zero-order valence-corrected chi connectivity index (χ0v) is 28.5. The molecule has 2 aromatic heterocycles. The summed E-state index contributed by atoms with van der Waals surface area (Å²) in [6.45, 7) is 2.73. The number of nitrogens with one attached hydrogen (secondary N) is 2. The molecule has 0 bridgehead atoms. The highest BCUT2D eigenvalue weighted by atomic mass is 15.2. The molecule has 2 heterocycles. The van der Waals surface area contributed by atoms with E-state index in [2.05, 4.69) is 171 Å². The van der Waals surface area contributed by atoms with Crippen LogP contribution in [0.4, 0.5) is 0 Å². The summed E-state index contributed by atoms with van der Waals surface area (Å²) in [5.41, 5.74) is 16.5. The van der Waals surface area contributed by atoms with Gasteiger partial charge in [-0.3, -0.25) is 10.6 Å². The van der Waals surface area contributed by atoms with Gasteiger partial charge >= 0.3 is 0 Å². The van der Waals surface area contributed by atoms with Crippen LogP contribution in [0, 0.1) is 0 Å². The Labute approximate surface area is 297 Å².